The largest absolute Gasteiger partial charge is 0.383 e. The summed E-state index contributed by atoms with van der Waals surface area (Å²) >= 11 is 0. The summed E-state index contributed by atoms with van der Waals surface area (Å²) < 4.78 is 41.8. The Morgan fingerprint density at radius 1 is 1.21 bits per heavy atom. The van der Waals surface area contributed by atoms with Gasteiger partial charge in [0, 0.05) is 51.6 Å². The number of carbonyl (C=O) groups excluding carboxylic acids is 1. The summed E-state index contributed by atoms with van der Waals surface area (Å²) in [6.07, 6.45) is 0.496. The summed E-state index contributed by atoms with van der Waals surface area (Å²) in [4.78, 5) is 18.8. The van der Waals surface area contributed by atoms with E-state index in [0.29, 0.717) is 19.6 Å². The molecule has 0 spiro atoms. The molecule has 7 nitrogen and oxygen atoms in total. The molecular weight excluding hydrogens is 385 g/mol. The van der Waals surface area contributed by atoms with Gasteiger partial charge in [-0.2, -0.15) is 0 Å². The van der Waals surface area contributed by atoms with E-state index in [1.807, 2.05) is 0 Å². The summed E-state index contributed by atoms with van der Waals surface area (Å²) in [5.74, 6) is -0.113. The van der Waals surface area contributed by atoms with Gasteiger partial charge >= 0.3 is 0 Å². The summed E-state index contributed by atoms with van der Waals surface area (Å²) in [6.45, 7) is 4.04. The highest BCUT2D eigenvalue weighted by atomic mass is 32.2. The molecule has 2 fully saturated rings. The van der Waals surface area contributed by atoms with Crippen molar-refractivity contribution < 1.29 is 22.3 Å². The first-order valence-corrected chi connectivity index (χ1v) is 11.4. The van der Waals surface area contributed by atoms with Crippen LogP contribution in [0, 0.1) is 5.82 Å². The number of hydrogen-bond donors (Lipinski definition) is 0. The normalized spacial score (nSPS) is 22.4. The van der Waals surface area contributed by atoms with Crippen LogP contribution in [0.2, 0.25) is 0 Å². The molecule has 1 amide bonds. The predicted octanol–water partition coefficient (Wildman–Crippen LogP) is 0.610. The number of carbonyl (C=O) groups is 1. The van der Waals surface area contributed by atoms with Gasteiger partial charge in [-0.3, -0.25) is 9.69 Å². The number of sulfone groups is 1. The fourth-order valence-electron chi connectivity index (χ4n) is 3.82. The average molecular weight is 414 g/mol. The van der Waals surface area contributed by atoms with Gasteiger partial charge in [0.15, 0.2) is 9.84 Å². The molecule has 1 aromatic carbocycles. The maximum Gasteiger partial charge on any atom is 0.237 e. The first-order chi connectivity index (χ1) is 13.4. The summed E-state index contributed by atoms with van der Waals surface area (Å²) in [6, 6.07) is 6.18. The first kappa shape index (κ1) is 21.0. The van der Waals surface area contributed by atoms with Gasteiger partial charge in [0.25, 0.3) is 0 Å². The number of halogens is 1. The van der Waals surface area contributed by atoms with Gasteiger partial charge in [0.05, 0.1) is 24.7 Å². The number of amides is 1. The SMILES string of the molecule is COCCN(C(=O)CN1CCN(c2ccc(F)cc2)CC1)[C@H]1CCS(=O)(=O)C1. The lowest BCUT2D eigenvalue weighted by atomic mass is 10.2. The lowest BCUT2D eigenvalue weighted by molar-refractivity contribution is -0.135. The van der Waals surface area contributed by atoms with Crippen LogP contribution < -0.4 is 4.90 Å². The van der Waals surface area contributed by atoms with Crippen molar-refractivity contribution in [3.05, 3.63) is 30.1 Å². The van der Waals surface area contributed by atoms with E-state index >= 15 is 0 Å². The minimum absolute atomic E-state index is 0.0425. The van der Waals surface area contributed by atoms with Crippen molar-refractivity contribution in [2.45, 2.75) is 12.5 Å². The van der Waals surface area contributed by atoms with Gasteiger partial charge in [-0.25, -0.2) is 12.8 Å². The molecule has 2 aliphatic rings. The molecule has 2 aliphatic heterocycles. The molecule has 1 aromatic rings. The molecule has 0 unspecified atom stereocenters. The van der Waals surface area contributed by atoms with E-state index in [1.165, 1.54) is 12.1 Å². The zero-order valence-electron chi connectivity index (χ0n) is 16.2. The molecule has 0 aliphatic carbocycles. The van der Waals surface area contributed by atoms with E-state index in [-0.39, 0.29) is 35.8 Å². The zero-order chi connectivity index (χ0) is 20.1. The van der Waals surface area contributed by atoms with Gasteiger partial charge in [0.1, 0.15) is 5.82 Å². The maximum absolute atomic E-state index is 13.1. The third-order valence-electron chi connectivity index (χ3n) is 5.43. The van der Waals surface area contributed by atoms with E-state index in [2.05, 4.69) is 9.80 Å². The van der Waals surface area contributed by atoms with Crippen LogP contribution in [0.5, 0.6) is 0 Å². The van der Waals surface area contributed by atoms with E-state index in [1.54, 1.807) is 24.1 Å². The third-order valence-corrected chi connectivity index (χ3v) is 7.18. The number of benzene rings is 1. The number of rotatable bonds is 7. The molecule has 0 bridgehead atoms. The monoisotopic (exact) mass is 413 g/mol. The number of methoxy groups -OCH3 is 1. The lowest BCUT2D eigenvalue weighted by Gasteiger charge is -2.37. The van der Waals surface area contributed by atoms with Crippen LogP contribution in [-0.2, 0) is 19.4 Å². The minimum atomic E-state index is -3.05. The molecule has 2 saturated heterocycles. The van der Waals surface area contributed by atoms with Crippen LogP contribution >= 0.6 is 0 Å². The molecule has 3 rings (SSSR count). The molecule has 0 aromatic heterocycles. The molecule has 156 valence electrons. The average Bonchev–Trinajstić information content (AvgIpc) is 3.03. The Balaban J connectivity index is 1.54. The van der Waals surface area contributed by atoms with Crippen LogP contribution in [0.1, 0.15) is 6.42 Å². The molecule has 0 radical (unpaired) electrons. The molecule has 2 heterocycles. The van der Waals surface area contributed by atoms with E-state index in [0.717, 1.165) is 31.9 Å². The smallest absolute Gasteiger partial charge is 0.237 e. The van der Waals surface area contributed by atoms with E-state index < -0.39 is 9.84 Å². The highest BCUT2D eigenvalue weighted by Crippen LogP contribution is 2.19. The molecule has 1 atom stereocenters. The standard InChI is InChI=1S/C19H28FN3O4S/c1-27-12-11-23(18-6-13-28(25,26)15-18)19(24)14-21-7-9-22(10-8-21)17-4-2-16(20)3-5-17/h2-5,18H,6-15H2,1H3/t18-/m0/s1. The number of piperazine rings is 1. The fraction of sp³-hybridized carbons (Fsp3) is 0.632. The van der Waals surface area contributed by atoms with Crippen LogP contribution in [0.15, 0.2) is 24.3 Å². The van der Waals surface area contributed by atoms with E-state index in [9.17, 15) is 17.6 Å². The quantitative estimate of drug-likeness (QED) is 0.652. The Kier molecular flexibility index (Phi) is 6.90. The van der Waals surface area contributed by atoms with Crippen molar-refractivity contribution in [1.82, 2.24) is 9.80 Å². The molecule has 9 heteroatoms. The van der Waals surface area contributed by atoms with Crippen molar-refractivity contribution >= 4 is 21.4 Å². The van der Waals surface area contributed by atoms with Gasteiger partial charge < -0.3 is 14.5 Å². The number of anilines is 1. The topological polar surface area (TPSA) is 70.2 Å². The molecular formula is C19H28FN3O4S. The summed E-state index contributed by atoms with van der Waals surface area (Å²) in [5.41, 5.74) is 0.977. The van der Waals surface area contributed by atoms with Crippen LogP contribution in [-0.4, -0.2) is 94.7 Å². The van der Waals surface area contributed by atoms with Crippen molar-refractivity contribution in [2.75, 3.05) is 69.4 Å². The second-order valence-corrected chi connectivity index (χ2v) is 9.61. The molecule has 0 N–H and O–H groups in total. The molecule has 0 saturated carbocycles. The lowest BCUT2D eigenvalue weighted by Crippen LogP contribution is -2.52. The van der Waals surface area contributed by atoms with Gasteiger partial charge in [0.2, 0.25) is 5.91 Å². The Labute approximate surface area is 166 Å². The number of hydrogen-bond acceptors (Lipinski definition) is 6. The van der Waals surface area contributed by atoms with Crippen molar-refractivity contribution in [3.8, 4) is 0 Å². The van der Waals surface area contributed by atoms with Crippen LogP contribution in [0.25, 0.3) is 0 Å². The predicted molar refractivity (Wildman–Crippen MR) is 106 cm³/mol. The highest BCUT2D eigenvalue weighted by Gasteiger charge is 2.35. The Bertz CT molecular complexity index is 764. The highest BCUT2D eigenvalue weighted by molar-refractivity contribution is 7.91. The second kappa shape index (κ2) is 9.19. The van der Waals surface area contributed by atoms with Crippen molar-refractivity contribution in [1.29, 1.82) is 0 Å². The second-order valence-electron chi connectivity index (χ2n) is 7.38. The van der Waals surface area contributed by atoms with Gasteiger partial charge in [-0.1, -0.05) is 0 Å². The zero-order valence-corrected chi connectivity index (χ0v) is 17.0. The van der Waals surface area contributed by atoms with Crippen molar-refractivity contribution in [3.63, 3.8) is 0 Å². The van der Waals surface area contributed by atoms with Crippen LogP contribution in [0.4, 0.5) is 10.1 Å². The summed E-state index contributed by atoms with van der Waals surface area (Å²) in [7, 11) is -1.48. The van der Waals surface area contributed by atoms with Crippen LogP contribution in [0.3, 0.4) is 0 Å². The van der Waals surface area contributed by atoms with Gasteiger partial charge in [-0.05, 0) is 30.7 Å². The molecule has 28 heavy (non-hydrogen) atoms. The minimum Gasteiger partial charge on any atom is -0.383 e. The number of nitrogens with zero attached hydrogens (tertiary/aromatic N) is 3. The third kappa shape index (κ3) is 5.42. The maximum atomic E-state index is 13.1. The van der Waals surface area contributed by atoms with E-state index in [4.69, 9.17) is 4.74 Å². The Morgan fingerprint density at radius 2 is 1.89 bits per heavy atom. The summed E-state index contributed by atoms with van der Waals surface area (Å²) in [5, 5.41) is 0. The Hall–Kier alpha value is -1.71. The Morgan fingerprint density at radius 3 is 2.46 bits per heavy atom. The van der Waals surface area contributed by atoms with Crippen molar-refractivity contribution in [2.24, 2.45) is 0 Å². The first-order valence-electron chi connectivity index (χ1n) is 9.59. The fourth-order valence-corrected chi connectivity index (χ4v) is 5.55. The van der Waals surface area contributed by atoms with Gasteiger partial charge in [-0.15, -0.1) is 0 Å². The number of ether oxygens (including phenoxy) is 1.